The molecule has 0 saturated carbocycles. The molecule has 0 aliphatic carbocycles. The molecule has 0 spiro atoms. The van der Waals surface area contributed by atoms with Crippen molar-refractivity contribution in [1.29, 1.82) is 0 Å². The monoisotopic (exact) mass is 341 g/mol. The predicted octanol–water partition coefficient (Wildman–Crippen LogP) is 2.26. The maximum absolute atomic E-state index is 12.4. The third kappa shape index (κ3) is 3.16. The van der Waals surface area contributed by atoms with Gasteiger partial charge in [0.25, 0.3) is 11.8 Å². The summed E-state index contributed by atoms with van der Waals surface area (Å²) < 4.78 is 15.3. The number of amides is 2. The van der Waals surface area contributed by atoms with Gasteiger partial charge in [-0.3, -0.25) is 19.3 Å². The molecule has 0 fully saturated rings. The second-order valence-corrected chi connectivity index (χ2v) is 5.26. The van der Waals surface area contributed by atoms with Gasteiger partial charge in [0, 0.05) is 0 Å². The molecule has 7 heteroatoms. The summed E-state index contributed by atoms with van der Waals surface area (Å²) in [6, 6.07) is 11.5. The van der Waals surface area contributed by atoms with Crippen LogP contribution in [0.5, 0.6) is 17.2 Å². The molecule has 3 rings (SSSR count). The van der Waals surface area contributed by atoms with Gasteiger partial charge in [-0.2, -0.15) is 0 Å². The van der Waals surface area contributed by atoms with Crippen molar-refractivity contribution in [3.05, 3.63) is 53.6 Å². The van der Waals surface area contributed by atoms with E-state index in [4.69, 9.17) is 9.47 Å². The molecule has 1 aliphatic rings. The van der Waals surface area contributed by atoms with Gasteiger partial charge in [-0.15, -0.1) is 0 Å². The number of methoxy groups -OCH3 is 2. The molecule has 2 amide bonds. The number of imide groups is 1. The van der Waals surface area contributed by atoms with Gasteiger partial charge < -0.3 is 14.2 Å². The molecule has 0 saturated heterocycles. The van der Waals surface area contributed by atoms with Crippen LogP contribution in [0.25, 0.3) is 0 Å². The quantitative estimate of drug-likeness (QED) is 0.613. The summed E-state index contributed by atoms with van der Waals surface area (Å²) in [5.74, 6) is -0.0781. The van der Waals surface area contributed by atoms with Crippen LogP contribution < -0.4 is 9.47 Å². The Morgan fingerprint density at radius 3 is 2.12 bits per heavy atom. The van der Waals surface area contributed by atoms with Gasteiger partial charge in [-0.25, -0.2) is 0 Å². The molecule has 0 unspecified atom stereocenters. The number of carbonyl (C=O) groups excluding carboxylic acids is 3. The molecular weight excluding hydrogens is 326 g/mol. The third-order valence-electron chi connectivity index (χ3n) is 3.75. The summed E-state index contributed by atoms with van der Waals surface area (Å²) in [5.41, 5.74) is 0.427. The van der Waals surface area contributed by atoms with Gasteiger partial charge in [0.05, 0.1) is 25.3 Å². The maximum Gasteiger partial charge on any atom is 0.325 e. The van der Waals surface area contributed by atoms with E-state index in [2.05, 4.69) is 4.74 Å². The van der Waals surface area contributed by atoms with Gasteiger partial charge in [0.15, 0.2) is 0 Å². The summed E-state index contributed by atoms with van der Waals surface area (Å²) in [4.78, 5) is 36.8. The minimum atomic E-state index is -0.663. The van der Waals surface area contributed by atoms with E-state index in [1.807, 2.05) is 0 Å². The van der Waals surface area contributed by atoms with E-state index in [0.29, 0.717) is 17.2 Å². The summed E-state index contributed by atoms with van der Waals surface area (Å²) >= 11 is 0. The average Bonchev–Trinajstić information content (AvgIpc) is 2.87. The summed E-state index contributed by atoms with van der Waals surface area (Å²) in [5, 5.41) is 0. The van der Waals surface area contributed by atoms with E-state index in [9.17, 15) is 14.4 Å². The molecule has 128 valence electrons. The van der Waals surface area contributed by atoms with E-state index in [0.717, 1.165) is 4.90 Å². The zero-order chi connectivity index (χ0) is 18.0. The Balaban J connectivity index is 1.82. The van der Waals surface area contributed by atoms with Crippen LogP contribution in [-0.4, -0.2) is 43.4 Å². The normalized spacial score (nSPS) is 12.8. The number of esters is 1. The number of hydrogen-bond acceptors (Lipinski definition) is 6. The zero-order valence-corrected chi connectivity index (χ0v) is 13.6. The number of nitrogens with zero attached hydrogens (tertiary/aromatic N) is 1. The van der Waals surface area contributed by atoms with Crippen molar-refractivity contribution in [2.24, 2.45) is 0 Å². The summed E-state index contributed by atoms with van der Waals surface area (Å²) in [6.07, 6.45) is 0. The molecule has 0 bridgehead atoms. The lowest BCUT2D eigenvalue weighted by Crippen LogP contribution is -2.35. The fourth-order valence-corrected chi connectivity index (χ4v) is 2.45. The number of benzene rings is 2. The topological polar surface area (TPSA) is 82.1 Å². The predicted molar refractivity (Wildman–Crippen MR) is 86.9 cm³/mol. The van der Waals surface area contributed by atoms with E-state index >= 15 is 0 Å². The largest absolute Gasteiger partial charge is 0.497 e. The Hall–Kier alpha value is -3.35. The van der Waals surface area contributed by atoms with Crippen molar-refractivity contribution < 1.29 is 28.6 Å². The van der Waals surface area contributed by atoms with Crippen LogP contribution >= 0.6 is 0 Å². The molecule has 0 aromatic heterocycles. The fraction of sp³-hybridized carbons (Fsp3) is 0.167. The lowest BCUT2D eigenvalue weighted by molar-refractivity contribution is -0.140. The Bertz CT molecular complexity index is 843. The van der Waals surface area contributed by atoms with E-state index in [1.54, 1.807) is 37.4 Å². The number of fused-ring (bicyclic) bond motifs is 1. The highest BCUT2D eigenvalue weighted by Crippen LogP contribution is 2.30. The first-order chi connectivity index (χ1) is 12.0. The Kier molecular flexibility index (Phi) is 4.38. The lowest BCUT2D eigenvalue weighted by atomic mass is 10.1. The fourth-order valence-electron chi connectivity index (χ4n) is 2.45. The van der Waals surface area contributed by atoms with Crippen LogP contribution in [0.2, 0.25) is 0 Å². The SMILES string of the molecule is COC(=O)CN1C(=O)c2ccc(Oc3ccc(OC)cc3)cc2C1=O. The van der Waals surface area contributed by atoms with Crippen molar-refractivity contribution in [2.75, 3.05) is 20.8 Å². The highest BCUT2D eigenvalue weighted by molar-refractivity contribution is 6.22. The highest BCUT2D eigenvalue weighted by atomic mass is 16.5. The van der Waals surface area contributed by atoms with Crippen LogP contribution in [0.4, 0.5) is 0 Å². The first-order valence-corrected chi connectivity index (χ1v) is 7.42. The van der Waals surface area contributed by atoms with E-state index < -0.39 is 24.3 Å². The van der Waals surface area contributed by atoms with Gasteiger partial charge >= 0.3 is 5.97 Å². The first-order valence-electron chi connectivity index (χ1n) is 7.42. The molecule has 0 atom stereocenters. The molecule has 25 heavy (non-hydrogen) atoms. The van der Waals surface area contributed by atoms with Gasteiger partial charge in [0.1, 0.15) is 23.8 Å². The second kappa shape index (κ2) is 6.64. The van der Waals surface area contributed by atoms with Crippen LogP contribution in [0.15, 0.2) is 42.5 Å². The van der Waals surface area contributed by atoms with E-state index in [-0.39, 0.29) is 11.1 Å². The Morgan fingerprint density at radius 1 is 0.880 bits per heavy atom. The van der Waals surface area contributed by atoms with Crippen molar-refractivity contribution in [1.82, 2.24) is 4.90 Å². The molecular formula is C18H15NO6. The molecule has 2 aromatic rings. The van der Waals surface area contributed by atoms with Crippen LogP contribution in [-0.2, 0) is 9.53 Å². The minimum absolute atomic E-state index is 0.194. The van der Waals surface area contributed by atoms with Gasteiger partial charge in [-0.1, -0.05) is 0 Å². The van der Waals surface area contributed by atoms with Gasteiger partial charge in [0.2, 0.25) is 0 Å². The van der Waals surface area contributed by atoms with Crippen LogP contribution in [0.3, 0.4) is 0 Å². The standard InChI is InChI=1S/C18H15NO6/c1-23-11-3-5-12(6-4-11)25-13-7-8-14-15(9-13)18(22)19(17(14)21)10-16(20)24-2/h3-9H,10H2,1-2H3. The lowest BCUT2D eigenvalue weighted by Gasteiger charge is -2.11. The van der Waals surface area contributed by atoms with Gasteiger partial charge in [-0.05, 0) is 42.5 Å². The molecule has 1 heterocycles. The number of ether oxygens (including phenoxy) is 3. The molecule has 7 nitrogen and oxygen atoms in total. The molecule has 1 aliphatic heterocycles. The van der Waals surface area contributed by atoms with Crippen LogP contribution in [0, 0.1) is 0 Å². The zero-order valence-electron chi connectivity index (χ0n) is 13.6. The van der Waals surface area contributed by atoms with E-state index in [1.165, 1.54) is 19.2 Å². The molecule has 0 N–H and O–H groups in total. The smallest absolute Gasteiger partial charge is 0.325 e. The van der Waals surface area contributed by atoms with Crippen molar-refractivity contribution in [3.63, 3.8) is 0 Å². The van der Waals surface area contributed by atoms with Crippen molar-refractivity contribution >= 4 is 17.8 Å². The highest BCUT2D eigenvalue weighted by Gasteiger charge is 2.37. The molecule has 2 aromatic carbocycles. The number of rotatable bonds is 5. The Morgan fingerprint density at radius 2 is 1.48 bits per heavy atom. The summed E-state index contributed by atoms with van der Waals surface area (Å²) in [7, 11) is 2.76. The second-order valence-electron chi connectivity index (χ2n) is 5.26. The molecule has 0 radical (unpaired) electrons. The Labute approximate surface area is 143 Å². The summed E-state index contributed by atoms with van der Waals surface area (Å²) in [6.45, 7) is -0.419. The number of hydrogen-bond donors (Lipinski definition) is 0. The minimum Gasteiger partial charge on any atom is -0.497 e. The average molecular weight is 341 g/mol. The van der Waals surface area contributed by atoms with Crippen molar-refractivity contribution in [2.45, 2.75) is 0 Å². The third-order valence-corrected chi connectivity index (χ3v) is 3.75. The van der Waals surface area contributed by atoms with Crippen molar-refractivity contribution in [3.8, 4) is 17.2 Å². The van der Waals surface area contributed by atoms with Crippen LogP contribution in [0.1, 0.15) is 20.7 Å². The number of carbonyl (C=O) groups is 3. The maximum atomic E-state index is 12.4. The first kappa shape index (κ1) is 16.5.